The Morgan fingerprint density at radius 1 is 1.00 bits per heavy atom. The number of nitrogens with zero attached hydrogens (tertiary/aromatic N) is 3. The van der Waals surface area contributed by atoms with E-state index in [0.717, 1.165) is 11.8 Å². The molecule has 0 atom stereocenters. The zero-order valence-corrected chi connectivity index (χ0v) is 14.8. The van der Waals surface area contributed by atoms with Crippen LogP contribution in [0.15, 0.2) is 48.5 Å². The van der Waals surface area contributed by atoms with E-state index in [-0.39, 0.29) is 22.7 Å². The Morgan fingerprint density at radius 2 is 1.63 bits per heavy atom. The van der Waals surface area contributed by atoms with E-state index in [1.807, 2.05) is 30.3 Å². The monoisotopic (exact) mass is 369 g/mol. The van der Waals surface area contributed by atoms with Gasteiger partial charge in [-0.25, -0.2) is 4.79 Å². The maximum absolute atomic E-state index is 12.8. The van der Waals surface area contributed by atoms with Gasteiger partial charge >= 0.3 is 5.97 Å². The zero-order chi connectivity index (χ0) is 19.4. The van der Waals surface area contributed by atoms with E-state index < -0.39 is 10.9 Å². The number of methoxy groups -OCH3 is 1. The topological polar surface area (TPSA) is 93.0 Å². The molecule has 140 valence electrons. The fourth-order valence-electron chi connectivity index (χ4n) is 3.06. The van der Waals surface area contributed by atoms with Crippen molar-refractivity contribution in [1.82, 2.24) is 4.90 Å². The van der Waals surface area contributed by atoms with Gasteiger partial charge in [-0.05, 0) is 18.2 Å². The lowest BCUT2D eigenvalue weighted by atomic mass is 10.1. The van der Waals surface area contributed by atoms with Gasteiger partial charge in [0.1, 0.15) is 0 Å². The summed E-state index contributed by atoms with van der Waals surface area (Å²) in [5.74, 6) is -1.06. The number of amides is 1. The van der Waals surface area contributed by atoms with Crippen LogP contribution in [0.3, 0.4) is 0 Å². The number of anilines is 1. The van der Waals surface area contributed by atoms with Crippen molar-refractivity contribution < 1.29 is 19.2 Å². The first-order valence-electron chi connectivity index (χ1n) is 8.46. The van der Waals surface area contributed by atoms with Gasteiger partial charge in [-0.1, -0.05) is 18.2 Å². The Balaban J connectivity index is 1.77. The predicted molar refractivity (Wildman–Crippen MR) is 99.0 cm³/mol. The number of non-ortho nitro benzene ring substituents is 1. The Bertz CT molecular complexity index is 861. The van der Waals surface area contributed by atoms with Crippen molar-refractivity contribution in [3.63, 3.8) is 0 Å². The Kier molecular flexibility index (Phi) is 5.35. The first-order valence-corrected chi connectivity index (χ1v) is 8.46. The molecule has 2 aromatic carbocycles. The lowest BCUT2D eigenvalue weighted by Gasteiger charge is -2.36. The van der Waals surface area contributed by atoms with E-state index in [0.29, 0.717) is 26.2 Å². The van der Waals surface area contributed by atoms with Crippen LogP contribution in [0.5, 0.6) is 0 Å². The second-order valence-electron chi connectivity index (χ2n) is 6.13. The third-order valence-corrected chi connectivity index (χ3v) is 4.48. The molecule has 1 aliphatic rings. The Hall–Kier alpha value is -3.42. The van der Waals surface area contributed by atoms with Crippen LogP contribution in [-0.2, 0) is 4.74 Å². The maximum Gasteiger partial charge on any atom is 0.338 e. The summed E-state index contributed by atoms with van der Waals surface area (Å²) in [4.78, 5) is 38.9. The van der Waals surface area contributed by atoms with Crippen LogP contribution in [0.4, 0.5) is 11.4 Å². The lowest BCUT2D eigenvalue weighted by molar-refractivity contribution is -0.384. The van der Waals surface area contributed by atoms with Gasteiger partial charge in [0, 0.05) is 49.6 Å². The fourth-order valence-corrected chi connectivity index (χ4v) is 3.06. The van der Waals surface area contributed by atoms with Gasteiger partial charge in [0.25, 0.3) is 11.6 Å². The van der Waals surface area contributed by atoms with Crippen molar-refractivity contribution in [2.45, 2.75) is 0 Å². The van der Waals surface area contributed by atoms with Gasteiger partial charge in [0.15, 0.2) is 0 Å². The third kappa shape index (κ3) is 4.05. The van der Waals surface area contributed by atoms with Crippen LogP contribution in [0.2, 0.25) is 0 Å². The molecule has 0 unspecified atom stereocenters. The number of esters is 1. The van der Waals surface area contributed by atoms with Gasteiger partial charge in [0.2, 0.25) is 0 Å². The number of hydrogen-bond acceptors (Lipinski definition) is 6. The quantitative estimate of drug-likeness (QED) is 0.467. The first-order chi connectivity index (χ1) is 13.0. The fraction of sp³-hybridized carbons (Fsp3) is 0.263. The summed E-state index contributed by atoms with van der Waals surface area (Å²) in [6.45, 7) is 2.30. The number of benzene rings is 2. The van der Waals surface area contributed by atoms with Crippen LogP contribution in [-0.4, -0.2) is 55.0 Å². The molecular weight excluding hydrogens is 350 g/mol. The molecule has 1 heterocycles. The number of piperazine rings is 1. The van der Waals surface area contributed by atoms with Gasteiger partial charge in [-0.3, -0.25) is 14.9 Å². The first kappa shape index (κ1) is 18.4. The van der Waals surface area contributed by atoms with E-state index in [1.165, 1.54) is 19.2 Å². The molecular formula is C19H19N3O5. The van der Waals surface area contributed by atoms with Crippen molar-refractivity contribution >= 4 is 23.3 Å². The highest BCUT2D eigenvalue weighted by atomic mass is 16.6. The predicted octanol–water partition coefficient (Wildman–Crippen LogP) is 2.34. The van der Waals surface area contributed by atoms with Crippen LogP contribution in [0.25, 0.3) is 0 Å². The summed E-state index contributed by atoms with van der Waals surface area (Å²) in [6.07, 6.45) is 0. The number of nitro benzene ring substituents is 1. The standard InChI is InChI=1S/C19H19N3O5/c1-27-19(24)15-11-14(12-17(13-15)22(25)26)18(23)21-9-7-20(8-10-21)16-5-3-2-4-6-16/h2-6,11-13H,7-10H2,1H3. The molecule has 0 aliphatic carbocycles. The van der Waals surface area contributed by atoms with E-state index in [4.69, 9.17) is 0 Å². The number of nitro groups is 1. The Morgan fingerprint density at radius 3 is 2.22 bits per heavy atom. The van der Waals surface area contributed by atoms with Crippen molar-refractivity contribution in [3.8, 4) is 0 Å². The molecule has 0 saturated carbocycles. The number of hydrogen-bond donors (Lipinski definition) is 0. The van der Waals surface area contributed by atoms with E-state index in [9.17, 15) is 19.7 Å². The summed E-state index contributed by atoms with van der Waals surface area (Å²) in [6, 6.07) is 13.5. The molecule has 2 aromatic rings. The molecule has 0 bridgehead atoms. The van der Waals surface area contributed by atoms with Crippen LogP contribution < -0.4 is 4.90 Å². The maximum atomic E-state index is 12.8. The van der Waals surface area contributed by atoms with Crippen molar-refractivity contribution in [3.05, 3.63) is 69.8 Å². The molecule has 3 rings (SSSR count). The highest BCUT2D eigenvalue weighted by Crippen LogP contribution is 2.21. The molecule has 1 fully saturated rings. The number of para-hydroxylation sites is 1. The summed E-state index contributed by atoms with van der Waals surface area (Å²) in [7, 11) is 1.19. The second-order valence-corrected chi connectivity index (χ2v) is 6.13. The van der Waals surface area contributed by atoms with E-state index >= 15 is 0 Å². The lowest BCUT2D eigenvalue weighted by Crippen LogP contribution is -2.48. The van der Waals surface area contributed by atoms with Gasteiger partial charge in [-0.15, -0.1) is 0 Å². The number of rotatable bonds is 4. The third-order valence-electron chi connectivity index (χ3n) is 4.48. The molecule has 8 heteroatoms. The summed E-state index contributed by atoms with van der Waals surface area (Å²) in [5.41, 5.74) is 0.868. The number of carbonyl (C=O) groups is 2. The average Bonchev–Trinajstić information content (AvgIpc) is 2.73. The molecule has 0 aromatic heterocycles. The van der Waals surface area contributed by atoms with Crippen molar-refractivity contribution in [2.24, 2.45) is 0 Å². The van der Waals surface area contributed by atoms with Gasteiger partial charge in [-0.2, -0.15) is 0 Å². The largest absolute Gasteiger partial charge is 0.465 e. The van der Waals surface area contributed by atoms with Gasteiger partial charge < -0.3 is 14.5 Å². The van der Waals surface area contributed by atoms with E-state index in [1.54, 1.807) is 4.90 Å². The Labute approximate surface area is 156 Å². The van der Waals surface area contributed by atoms with E-state index in [2.05, 4.69) is 9.64 Å². The molecule has 0 radical (unpaired) electrons. The van der Waals surface area contributed by atoms with Crippen LogP contribution >= 0.6 is 0 Å². The molecule has 8 nitrogen and oxygen atoms in total. The number of ether oxygens (including phenoxy) is 1. The summed E-state index contributed by atoms with van der Waals surface area (Å²) < 4.78 is 4.62. The summed E-state index contributed by atoms with van der Waals surface area (Å²) in [5, 5.41) is 11.1. The average molecular weight is 369 g/mol. The normalized spacial score (nSPS) is 14.0. The smallest absolute Gasteiger partial charge is 0.338 e. The molecule has 0 N–H and O–H groups in total. The molecule has 27 heavy (non-hydrogen) atoms. The minimum atomic E-state index is -0.721. The number of carbonyl (C=O) groups excluding carboxylic acids is 2. The molecule has 1 saturated heterocycles. The molecule has 0 spiro atoms. The SMILES string of the molecule is COC(=O)c1cc(C(=O)N2CCN(c3ccccc3)CC2)cc([N+](=O)[O-])c1. The van der Waals surface area contributed by atoms with Crippen LogP contribution in [0.1, 0.15) is 20.7 Å². The van der Waals surface area contributed by atoms with Gasteiger partial charge in [0.05, 0.1) is 17.6 Å². The van der Waals surface area contributed by atoms with Crippen molar-refractivity contribution in [1.29, 1.82) is 0 Å². The molecule has 1 aliphatic heterocycles. The highest BCUT2D eigenvalue weighted by Gasteiger charge is 2.25. The molecule has 1 amide bonds. The second kappa shape index (κ2) is 7.86. The zero-order valence-electron chi connectivity index (χ0n) is 14.8. The van der Waals surface area contributed by atoms with Crippen molar-refractivity contribution in [2.75, 3.05) is 38.2 Å². The summed E-state index contributed by atoms with van der Waals surface area (Å²) >= 11 is 0. The minimum absolute atomic E-state index is 0.0158. The van der Waals surface area contributed by atoms with Crippen LogP contribution in [0, 0.1) is 10.1 Å². The minimum Gasteiger partial charge on any atom is -0.465 e. The highest BCUT2D eigenvalue weighted by molar-refractivity contribution is 5.99.